The minimum absolute atomic E-state index is 0.0130. The first-order valence-electron chi connectivity index (χ1n) is 6.49. The van der Waals surface area contributed by atoms with Crippen molar-refractivity contribution in [3.8, 4) is 11.3 Å². The number of benzene rings is 1. The molecule has 4 heteroatoms. The van der Waals surface area contributed by atoms with Gasteiger partial charge in [-0.3, -0.25) is 4.79 Å². The molecule has 1 heterocycles. The van der Waals surface area contributed by atoms with Crippen LogP contribution in [-0.4, -0.2) is 5.91 Å². The third-order valence-corrected chi connectivity index (χ3v) is 3.42. The van der Waals surface area contributed by atoms with E-state index in [-0.39, 0.29) is 11.3 Å². The summed E-state index contributed by atoms with van der Waals surface area (Å²) in [5.74, 6) is 1.57. The number of halogens is 1. The van der Waals surface area contributed by atoms with Gasteiger partial charge in [0, 0.05) is 15.5 Å². The van der Waals surface area contributed by atoms with Crippen LogP contribution in [0.3, 0.4) is 0 Å². The highest BCUT2D eigenvalue weighted by Crippen LogP contribution is 2.24. The van der Waals surface area contributed by atoms with Gasteiger partial charge in [-0.1, -0.05) is 48.8 Å². The van der Waals surface area contributed by atoms with Crippen LogP contribution >= 0.6 is 15.9 Å². The van der Waals surface area contributed by atoms with E-state index in [9.17, 15) is 4.79 Å². The van der Waals surface area contributed by atoms with E-state index in [1.165, 1.54) is 0 Å². The van der Waals surface area contributed by atoms with Crippen molar-refractivity contribution in [1.82, 2.24) is 5.32 Å². The summed E-state index contributed by atoms with van der Waals surface area (Å²) >= 11 is 3.40. The summed E-state index contributed by atoms with van der Waals surface area (Å²) in [6, 6.07) is 11.7. The van der Waals surface area contributed by atoms with Gasteiger partial charge in [0.15, 0.2) is 0 Å². The maximum Gasteiger partial charge on any atom is 0.225 e. The summed E-state index contributed by atoms with van der Waals surface area (Å²) < 4.78 is 6.78. The van der Waals surface area contributed by atoms with Crippen LogP contribution in [0.5, 0.6) is 0 Å². The number of nitrogens with one attached hydrogen (secondary N) is 1. The number of amides is 1. The molecule has 0 bridgehead atoms. The van der Waals surface area contributed by atoms with Gasteiger partial charge in [0.1, 0.15) is 11.5 Å². The van der Waals surface area contributed by atoms with E-state index >= 15 is 0 Å². The normalized spacial score (nSPS) is 11.4. The van der Waals surface area contributed by atoms with Gasteiger partial charge in [0.2, 0.25) is 5.91 Å². The van der Waals surface area contributed by atoms with Gasteiger partial charge >= 0.3 is 0 Å². The molecule has 1 N–H and O–H groups in total. The zero-order chi connectivity index (χ0) is 14.8. The predicted octanol–water partition coefficient (Wildman–Crippen LogP) is 4.37. The smallest absolute Gasteiger partial charge is 0.225 e. The number of carbonyl (C=O) groups is 1. The Bertz CT molecular complexity index is 594. The topological polar surface area (TPSA) is 42.2 Å². The van der Waals surface area contributed by atoms with E-state index in [1.807, 2.05) is 57.2 Å². The summed E-state index contributed by atoms with van der Waals surface area (Å²) in [6.07, 6.45) is 0. The van der Waals surface area contributed by atoms with Crippen molar-refractivity contribution in [2.45, 2.75) is 27.3 Å². The fourth-order valence-electron chi connectivity index (χ4n) is 1.67. The SMILES string of the molecule is CC(C)(C)C(=O)NCc1ccc(-c2ccc(Br)cc2)o1. The monoisotopic (exact) mass is 335 g/mol. The third-order valence-electron chi connectivity index (χ3n) is 2.89. The highest BCUT2D eigenvalue weighted by Gasteiger charge is 2.20. The van der Waals surface area contributed by atoms with Crippen molar-refractivity contribution in [2.75, 3.05) is 0 Å². The molecule has 1 amide bonds. The molecule has 0 aliphatic heterocycles. The van der Waals surface area contributed by atoms with Crippen molar-refractivity contribution in [2.24, 2.45) is 5.41 Å². The molecule has 0 atom stereocenters. The van der Waals surface area contributed by atoms with E-state index < -0.39 is 0 Å². The summed E-state index contributed by atoms with van der Waals surface area (Å²) in [5.41, 5.74) is 0.628. The quantitative estimate of drug-likeness (QED) is 0.904. The molecule has 0 fully saturated rings. The Kier molecular flexibility index (Phi) is 4.33. The first-order valence-corrected chi connectivity index (χ1v) is 7.28. The number of hydrogen-bond donors (Lipinski definition) is 1. The molecule has 1 aromatic heterocycles. The molecule has 0 saturated carbocycles. The zero-order valence-electron chi connectivity index (χ0n) is 11.9. The molecule has 0 spiro atoms. The average molecular weight is 336 g/mol. The first kappa shape index (κ1) is 14.9. The maximum atomic E-state index is 11.8. The molecular weight excluding hydrogens is 318 g/mol. The van der Waals surface area contributed by atoms with Crippen LogP contribution in [0.4, 0.5) is 0 Å². The molecule has 106 valence electrons. The van der Waals surface area contributed by atoms with Gasteiger partial charge in [0.25, 0.3) is 0 Å². The van der Waals surface area contributed by atoms with E-state index in [2.05, 4.69) is 21.2 Å². The van der Waals surface area contributed by atoms with Crippen LogP contribution in [0.25, 0.3) is 11.3 Å². The number of rotatable bonds is 3. The second kappa shape index (κ2) is 5.83. The summed E-state index contributed by atoms with van der Waals surface area (Å²) in [6.45, 7) is 6.07. The van der Waals surface area contributed by atoms with Crippen molar-refractivity contribution < 1.29 is 9.21 Å². The molecule has 0 radical (unpaired) electrons. The van der Waals surface area contributed by atoms with Gasteiger partial charge in [-0.25, -0.2) is 0 Å². The van der Waals surface area contributed by atoms with Crippen LogP contribution in [0.2, 0.25) is 0 Å². The lowest BCUT2D eigenvalue weighted by molar-refractivity contribution is -0.128. The fourth-order valence-corrected chi connectivity index (χ4v) is 1.94. The lowest BCUT2D eigenvalue weighted by Gasteiger charge is -2.16. The third kappa shape index (κ3) is 3.73. The van der Waals surface area contributed by atoms with Crippen LogP contribution in [0.1, 0.15) is 26.5 Å². The van der Waals surface area contributed by atoms with Crippen molar-refractivity contribution in [1.29, 1.82) is 0 Å². The van der Waals surface area contributed by atoms with Gasteiger partial charge in [0.05, 0.1) is 6.54 Å². The van der Waals surface area contributed by atoms with E-state index in [1.54, 1.807) is 0 Å². The lowest BCUT2D eigenvalue weighted by Crippen LogP contribution is -2.34. The number of furan rings is 1. The Morgan fingerprint density at radius 2 is 1.80 bits per heavy atom. The molecule has 1 aromatic carbocycles. The van der Waals surface area contributed by atoms with Gasteiger partial charge in [-0.2, -0.15) is 0 Å². The van der Waals surface area contributed by atoms with E-state index in [0.717, 1.165) is 21.6 Å². The Hall–Kier alpha value is -1.55. The molecule has 0 unspecified atom stereocenters. The van der Waals surface area contributed by atoms with Gasteiger partial charge < -0.3 is 9.73 Å². The summed E-state index contributed by atoms with van der Waals surface area (Å²) in [4.78, 5) is 11.8. The summed E-state index contributed by atoms with van der Waals surface area (Å²) in [5, 5.41) is 2.87. The van der Waals surface area contributed by atoms with E-state index in [0.29, 0.717) is 6.54 Å². The highest BCUT2D eigenvalue weighted by atomic mass is 79.9. The minimum atomic E-state index is -0.388. The first-order chi connectivity index (χ1) is 9.36. The second-order valence-corrected chi connectivity index (χ2v) is 6.62. The Labute approximate surface area is 127 Å². The molecule has 20 heavy (non-hydrogen) atoms. The predicted molar refractivity (Wildman–Crippen MR) is 83.1 cm³/mol. The zero-order valence-corrected chi connectivity index (χ0v) is 13.5. The van der Waals surface area contributed by atoms with Crippen LogP contribution in [0.15, 0.2) is 45.3 Å². The minimum Gasteiger partial charge on any atom is -0.459 e. The average Bonchev–Trinajstić information content (AvgIpc) is 2.84. The van der Waals surface area contributed by atoms with Crippen molar-refractivity contribution >= 4 is 21.8 Å². The van der Waals surface area contributed by atoms with Crippen LogP contribution in [-0.2, 0) is 11.3 Å². The fraction of sp³-hybridized carbons (Fsp3) is 0.312. The molecule has 0 aliphatic rings. The van der Waals surface area contributed by atoms with Crippen molar-refractivity contribution in [3.05, 3.63) is 46.6 Å². The lowest BCUT2D eigenvalue weighted by atomic mass is 9.96. The highest BCUT2D eigenvalue weighted by molar-refractivity contribution is 9.10. The van der Waals surface area contributed by atoms with Crippen LogP contribution in [0, 0.1) is 5.41 Å². The van der Waals surface area contributed by atoms with E-state index in [4.69, 9.17) is 4.42 Å². The number of hydrogen-bond acceptors (Lipinski definition) is 2. The molecule has 0 saturated heterocycles. The molecular formula is C16H18BrNO2. The van der Waals surface area contributed by atoms with Crippen molar-refractivity contribution in [3.63, 3.8) is 0 Å². The van der Waals surface area contributed by atoms with Crippen LogP contribution < -0.4 is 5.32 Å². The largest absolute Gasteiger partial charge is 0.459 e. The Morgan fingerprint density at radius 3 is 2.40 bits per heavy atom. The standard InChI is InChI=1S/C16H18BrNO2/c1-16(2,3)15(19)18-10-13-8-9-14(20-13)11-4-6-12(17)7-5-11/h4-9H,10H2,1-3H3,(H,18,19). The molecule has 3 nitrogen and oxygen atoms in total. The second-order valence-electron chi connectivity index (χ2n) is 5.71. The molecule has 2 rings (SSSR count). The molecule has 2 aromatic rings. The van der Waals surface area contributed by atoms with Gasteiger partial charge in [-0.05, 0) is 24.3 Å². The summed E-state index contributed by atoms with van der Waals surface area (Å²) in [7, 11) is 0. The maximum absolute atomic E-state index is 11.8. The molecule has 0 aliphatic carbocycles. The Morgan fingerprint density at radius 1 is 1.15 bits per heavy atom. The Balaban J connectivity index is 2.03. The van der Waals surface area contributed by atoms with Gasteiger partial charge in [-0.15, -0.1) is 0 Å². The number of carbonyl (C=O) groups excluding carboxylic acids is 1.